The van der Waals surface area contributed by atoms with Crippen molar-refractivity contribution in [2.75, 3.05) is 0 Å². The first kappa shape index (κ1) is 10.5. The molecule has 1 atom stereocenters. The average molecular weight is 244 g/mol. The topological polar surface area (TPSA) is 46.2 Å². The van der Waals surface area contributed by atoms with Crippen LogP contribution in [-0.4, -0.2) is 11.1 Å². The fraction of sp³-hybridized carbons (Fsp3) is 0.400. The van der Waals surface area contributed by atoms with Crippen molar-refractivity contribution in [2.24, 2.45) is 5.73 Å². The Bertz CT molecular complexity index is 286. The summed E-state index contributed by atoms with van der Waals surface area (Å²) < 4.78 is 0.952. The van der Waals surface area contributed by atoms with E-state index in [2.05, 4.69) is 15.9 Å². The summed E-state index contributed by atoms with van der Waals surface area (Å²) in [5, 5.41) is 9.16. The van der Waals surface area contributed by atoms with Crippen molar-refractivity contribution < 1.29 is 5.11 Å². The molecule has 2 nitrogen and oxygen atoms in total. The van der Waals surface area contributed by atoms with E-state index in [1.807, 2.05) is 13.0 Å². The van der Waals surface area contributed by atoms with Gasteiger partial charge >= 0.3 is 0 Å². The second-order valence-corrected chi connectivity index (χ2v) is 4.15. The Kier molecular flexibility index (Phi) is 3.75. The fourth-order valence-corrected chi connectivity index (χ4v) is 1.69. The quantitative estimate of drug-likeness (QED) is 0.857. The fourth-order valence-electron chi connectivity index (χ4n) is 1.12. The van der Waals surface area contributed by atoms with Gasteiger partial charge in [-0.25, -0.2) is 0 Å². The monoisotopic (exact) mass is 243 g/mol. The van der Waals surface area contributed by atoms with Crippen LogP contribution in [0.2, 0.25) is 0 Å². The van der Waals surface area contributed by atoms with Crippen molar-refractivity contribution in [1.82, 2.24) is 0 Å². The molecule has 13 heavy (non-hydrogen) atoms. The summed E-state index contributed by atoms with van der Waals surface area (Å²) in [4.78, 5) is 0. The van der Waals surface area contributed by atoms with E-state index in [0.29, 0.717) is 0 Å². The van der Waals surface area contributed by atoms with Crippen LogP contribution in [0.3, 0.4) is 0 Å². The van der Waals surface area contributed by atoms with Crippen LogP contribution in [0.15, 0.2) is 22.7 Å². The van der Waals surface area contributed by atoms with E-state index in [4.69, 9.17) is 10.8 Å². The Labute approximate surface area is 86.9 Å². The highest BCUT2D eigenvalue weighted by Gasteiger charge is 2.02. The average Bonchev–Trinajstić information content (AvgIpc) is 2.02. The molecule has 1 aromatic carbocycles. The Hall–Kier alpha value is -0.540. The van der Waals surface area contributed by atoms with Gasteiger partial charge in [-0.05, 0) is 37.5 Å². The molecule has 0 bridgehead atoms. The van der Waals surface area contributed by atoms with Crippen molar-refractivity contribution in [3.63, 3.8) is 0 Å². The van der Waals surface area contributed by atoms with Crippen LogP contribution < -0.4 is 5.73 Å². The minimum Gasteiger partial charge on any atom is -0.508 e. The van der Waals surface area contributed by atoms with Gasteiger partial charge < -0.3 is 10.8 Å². The second-order valence-electron chi connectivity index (χ2n) is 3.29. The number of benzene rings is 1. The number of nitrogens with two attached hydrogens (primary N) is 1. The lowest BCUT2D eigenvalue weighted by Crippen LogP contribution is -2.15. The molecule has 0 aliphatic carbocycles. The Morgan fingerprint density at radius 1 is 1.54 bits per heavy atom. The van der Waals surface area contributed by atoms with E-state index < -0.39 is 0 Å². The van der Waals surface area contributed by atoms with E-state index in [-0.39, 0.29) is 11.8 Å². The van der Waals surface area contributed by atoms with Crippen molar-refractivity contribution >= 4 is 15.9 Å². The molecule has 0 saturated heterocycles. The number of rotatable bonds is 3. The maximum absolute atomic E-state index is 9.16. The predicted molar refractivity (Wildman–Crippen MR) is 57.8 cm³/mol. The molecular weight excluding hydrogens is 230 g/mol. The summed E-state index contributed by atoms with van der Waals surface area (Å²) >= 11 is 3.40. The first-order valence-electron chi connectivity index (χ1n) is 4.32. The highest BCUT2D eigenvalue weighted by atomic mass is 79.9. The van der Waals surface area contributed by atoms with E-state index >= 15 is 0 Å². The van der Waals surface area contributed by atoms with Crippen LogP contribution in [0.25, 0.3) is 0 Å². The van der Waals surface area contributed by atoms with Gasteiger partial charge in [0.25, 0.3) is 0 Å². The van der Waals surface area contributed by atoms with Gasteiger partial charge in [0, 0.05) is 10.5 Å². The molecule has 0 radical (unpaired) electrons. The van der Waals surface area contributed by atoms with Gasteiger partial charge in [-0.2, -0.15) is 0 Å². The van der Waals surface area contributed by atoms with Crippen molar-refractivity contribution in [3.8, 4) is 5.75 Å². The first-order valence-corrected chi connectivity index (χ1v) is 5.12. The summed E-state index contributed by atoms with van der Waals surface area (Å²) in [7, 11) is 0. The molecule has 0 saturated carbocycles. The highest BCUT2D eigenvalue weighted by Crippen LogP contribution is 2.23. The third-order valence-corrected chi connectivity index (χ3v) is 2.64. The number of aromatic hydroxyl groups is 1. The van der Waals surface area contributed by atoms with E-state index in [1.165, 1.54) is 5.56 Å². The molecule has 0 amide bonds. The SMILES string of the molecule is C[C@H](N)CCc1ccc(O)cc1Br. The molecule has 1 aromatic rings. The Balaban J connectivity index is 2.67. The van der Waals surface area contributed by atoms with E-state index in [1.54, 1.807) is 12.1 Å². The number of hydrogen-bond acceptors (Lipinski definition) is 2. The lowest BCUT2D eigenvalue weighted by atomic mass is 10.1. The first-order chi connectivity index (χ1) is 6.09. The van der Waals surface area contributed by atoms with Crippen molar-refractivity contribution in [1.29, 1.82) is 0 Å². The Morgan fingerprint density at radius 2 is 2.23 bits per heavy atom. The number of phenolic OH excluding ortho intramolecular Hbond substituents is 1. The summed E-state index contributed by atoms with van der Waals surface area (Å²) in [6, 6.07) is 5.54. The van der Waals surface area contributed by atoms with Crippen LogP contribution in [-0.2, 0) is 6.42 Å². The van der Waals surface area contributed by atoms with Crippen LogP contribution >= 0.6 is 15.9 Å². The summed E-state index contributed by atoms with van der Waals surface area (Å²) in [6.07, 6.45) is 1.90. The minimum absolute atomic E-state index is 0.223. The normalized spacial score (nSPS) is 12.8. The molecule has 0 spiro atoms. The molecule has 1 rings (SSSR count). The van der Waals surface area contributed by atoms with E-state index in [9.17, 15) is 0 Å². The molecule has 0 aliphatic rings. The number of phenols is 1. The van der Waals surface area contributed by atoms with Crippen LogP contribution in [0.4, 0.5) is 0 Å². The second kappa shape index (κ2) is 4.63. The largest absolute Gasteiger partial charge is 0.508 e. The van der Waals surface area contributed by atoms with Gasteiger partial charge in [-0.15, -0.1) is 0 Å². The summed E-state index contributed by atoms with van der Waals surface area (Å²) in [6.45, 7) is 1.99. The van der Waals surface area contributed by atoms with Crippen molar-refractivity contribution in [3.05, 3.63) is 28.2 Å². The zero-order chi connectivity index (χ0) is 9.84. The molecular formula is C10H14BrNO. The molecule has 3 N–H and O–H groups in total. The van der Waals surface area contributed by atoms with Gasteiger partial charge in [0.1, 0.15) is 5.75 Å². The van der Waals surface area contributed by atoms with Gasteiger partial charge in [0.05, 0.1) is 0 Å². The molecule has 72 valence electrons. The standard InChI is InChI=1S/C10H14BrNO/c1-7(12)2-3-8-4-5-9(13)6-10(8)11/h4-7,13H,2-3,12H2,1H3/t7-/m0/s1. The molecule has 3 heteroatoms. The predicted octanol–water partition coefficient (Wildman–Crippen LogP) is 2.43. The zero-order valence-electron chi connectivity index (χ0n) is 7.63. The highest BCUT2D eigenvalue weighted by molar-refractivity contribution is 9.10. The van der Waals surface area contributed by atoms with Gasteiger partial charge in [-0.3, -0.25) is 0 Å². The van der Waals surface area contributed by atoms with Gasteiger partial charge in [-0.1, -0.05) is 22.0 Å². The maximum Gasteiger partial charge on any atom is 0.116 e. The third-order valence-electron chi connectivity index (χ3n) is 1.91. The number of halogens is 1. The minimum atomic E-state index is 0.223. The zero-order valence-corrected chi connectivity index (χ0v) is 9.21. The van der Waals surface area contributed by atoms with Crippen LogP contribution in [0.5, 0.6) is 5.75 Å². The third kappa shape index (κ3) is 3.36. The molecule has 0 aromatic heterocycles. The van der Waals surface area contributed by atoms with Gasteiger partial charge in [0.2, 0.25) is 0 Å². The van der Waals surface area contributed by atoms with Gasteiger partial charge in [0.15, 0.2) is 0 Å². The molecule has 0 aliphatic heterocycles. The van der Waals surface area contributed by atoms with Crippen molar-refractivity contribution in [2.45, 2.75) is 25.8 Å². The number of hydrogen-bond donors (Lipinski definition) is 2. The molecule has 0 unspecified atom stereocenters. The smallest absolute Gasteiger partial charge is 0.116 e. The lowest BCUT2D eigenvalue weighted by molar-refractivity contribution is 0.474. The van der Waals surface area contributed by atoms with Crippen LogP contribution in [0.1, 0.15) is 18.9 Å². The summed E-state index contributed by atoms with van der Waals surface area (Å²) in [5.41, 5.74) is 6.85. The molecule has 0 heterocycles. The Morgan fingerprint density at radius 3 is 2.77 bits per heavy atom. The maximum atomic E-state index is 9.16. The molecule has 0 fully saturated rings. The number of aryl methyl sites for hydroxylation is 1. The van der Waals surface area contributed by atoms with Crippen LogP contribution in [0, 0.1) is 0 Å². The lowest BCUT2D eigenvalue weighted by Gasteiger charge is -2.07. The van der Waals surface area contributed by atoms with E-state index in [0.717, 1.165) is 17.3 Å². The summed E-state index contributed by atoms with van der Waals surface area (Å²) in [5.74, 6) is 0.288.